The number of rotatable bonds is 3. The van der Waals surface area contributed by atoms with Crippen molar-refractivity contribution >= 4 is 0 Å². The summed E-state index contributed by atoms with van der Waals surface area (Å²) in [6.07, 6.45) is 10.6. The maximum absolute atomic E-state index is 3.49. The molecule has 16 heavy (non-hydrogen) atoms. The van der Waals surface area contributed by atoms with E-state index in [0.29, 0.717) is 0 Å². The van der Waals surface area contributed by atoms with Gasteiger partial charge in [-0.3, -0.25) is 4.90 Å². The second-order valence-corrected chi connectivity index (χ2v) is 5.28. The molecule has 92 valence electrons. The first-order valence-electron chi connectivity index (χ1n) is 6.99. The average molecular weight is 222 g/mol. The molecule has 1 saturated heterocycles. The molecule has 0 radical (unpaired) electrons. The molecule has 2 rings (SSSR count). The van der Waals surface area contributed by atoms with Crippen molar-refractivity contribution in [2.24, 2.45) is 0 Å². The Hall–Kier alpha value is -0.340. The van der Waals surface area contributed by atoms with Gasteiger partial charge in [0.2, 0.25) is 0 Å². The van der Waals surface area contributed by atoms with E-state index in [0.717, 1.165) is 6.04 Å². The van der Waals surface area contributed by atoms with Crippen molar-refractivity contribution in [3.63, 3.8) is 0 Å². The third-order valence-electron chi connectivity index (χ3n) is 4.04. The van der Waals surface area contributed by atoms with Crippen LogP contribution in [0.1, 0.15) is 45.4 Å². The molecule has 0 spiro atoms. The highest BCUT2D eigenvalue weighted by Crippen LogP contribution is 2.21. The molecule has 1 N–H and O–H groups in total. The Morgan fingerprint density at radius 3 is 3.12 bits per heavy atom. The first kappa shape index (κ1) is 12.1. The summed E-state index contributed by atoms with van der Waals surface area (Å²) in [5.74, 6) is 0. The topological polar surface area (TPSA) is 15.3 Å². The van der Waals surface area contributed by atoms with Crippen molar-refractivity contribution in [1.29, 1.82) is 0 Å². The van der Waals surface area contributed by atoms with Gasteiger partial charge in [-0.05, 0) is 52.0 Å². The highest BCUT2D eigenvalue weighted by atomic mass is 15.2. The molecule has 1 fully saturated rings. The summed E-state index contributed by atoms with van der Waals surface area (Å²) < 4.78 is 0. The highest BCUT2D eigenvalue weighted by Gasteiger charge is 2.16. The SMILES string of the molecule is CC1CCNCCN1CCC1=CCCCC1. The van der Waals surface area contributed by atoms with Crippen LogP contribution < -0.4 is 5.32 Å². The molecule has 1 atom stereocenters. The van der Waals surface area contributed by atoms with Gasteiger partial charge in [0.05, 0.1) is 0 Å². The normalized spacial score (nSPS) is 28.6. The van der Waals surface area contributed by atoms with Gasteiger partial charge in [0, 0.05) is 25.7 Å². The molecule has 0 aromatic carbocycles. The Balaban J connectivity index is 1.76. The van der Waals surface area contributed by atoms with E-state index in [4.69, 9.17) is 0 Å². The molecule has 0 saturated carbocycles. The number of hydrogen-bond donors (Lipinski definition) is 1. The lowest BCUT2D eigenvalue weighted by atomic mass is 9.97. The van der Waals surface area contributed by atoms with E-state index >= 15 is 0 Å². The Kier molecular flexibility index (Phi) is 4.86. The number of allylic oxidation sites excluding steroid dienone is 1. The highest BCUT2D eigenvalue weighted by molar-refractivity contribution is 5.05. The molecular formula is C14H26N2. The van der Waals surface area contributed by atoms with Crippen LogP contribution in [0.3, 0.4) is 0 Å². The van der Waals surface area contributed by atoms with Crippen molar-refractivity contribution in [3.05, 3.63) is 11.6 Å². The van der Waals surface area contributed by atoms with Crippen molar-refractivity contribution in [2.45, 2.75) is 51.5 Å². The van der Waals surface area contributed by atoms with Gasteiger partial charge in [0.25, 0.3) is 0 Å². The Morgan fingerprint density at radius 2 is 2.31 bits per heavy atom. The zero-order valence-corrected chi connectivity index (χ0v) is 10.7. The summed E-state index contributed by atoms with van der Waals surface area (Å²) in [6, 6.07) is 0.763. The first-order chi connectivity index (χ1) is 7.86. The molecule has 1 aliphatic carbocycles. The number of nitrogens with zero attached hydrogens (tertiary/aromatic N) is 1. The summed E-state index contributed by atoms with van der Waals surface area (Å²) >= 11 is 0. The van der Waals surface area contributed by atoms with Gasteiger partial charge in [-0.2, -0.15) is 0 Å². The summed E-state index contributed by atoms with van der Waals surface area (Å²) in [5, 5.41) is 3.49. The minimum absolute atomic E-state index is 0.763. The molecule has 0 aromatic rings. The molecule has 2 nitrogen and oxygen atoms in total. The summed E-state index contributed by atoms with van der Waals surface area (Å²) in [4.78, 5) is 2.66. The number of nitrogens with one attached hydrogen (secondary N) is 1. The lowest BCUT2D eigenvalue weighted by molar-refractivity contribution is 0.222. The van der Waals surface area contributed by atoms with Crippen molar-refractivity contribution < 1.29 is 0 Å². The van der Waals surface area contributed by atoms with Gasteiger partial charge in [-0.25, -0.2) is 0 Å². The third-order valence-corrected chi connectivity index (χ3v) is 4.04. The molecule has 2 aliphatic rings. The summed E-state index contributed by atoms with van der Waals surface area (Å²) in [5.41, 5.74) is 1.72. The van der Waals surface area contributed by atoms with E-state index in [-0.39, 0.29) is 0 Å². The maximum Gasteiger partial charge on any atom is 0.0110 e. The lowest BCUT2D eigenvalue weighted by Gasteiger charge is -2.27. The predicted molar refractivity (Wildman–Crippen MR) is 69.7 cm³/mol. The zero-order valence-electron chi connectivity index (χ0n) is 10.7. The van der Waals surface area contributed by atoms with E-state index < -0.39 is 0 Å². The van der Waals surface area contributed by atoms with Crippen LogP contribution in [0.5, 0.6) is 0 Å². The Labute approximate surface area is 100 Å². The van der Waals surface area contributed by atoms with E-state index in [2.05, 4.69) is 23.2 Å². The lowest BCUT2D eigenvalue weighted by Crippen LogP contribution is -2.35. The van der Waals surface area contributed by atoms with Crippen LogP contribution in [0, 0.1) is 0 Å². The minimum atomic E-state index is 0.763. The molecule has 1 heterocycles. The average Bonchev–Trinajstić information content (AvgIpc) is 2.53. The Bertz CT molecular complexity index is 235. The zero-order chi connectivity index (χ0) is 11.2. The smallest absolute Gasteiger partial charge is 0.0110 e. The predicted octanol–water partition coefficient (Wildman–Crippen LogP) is 2.56. The fourth-order valence-corrected chi connectivity index (χ4v) is 2.81. The molecule has 2 heteroatoms. The molecule has 1 aliphatic heterocycles. The van der Waals surface area contributed by atoms with Crippen LogP contribution in [0.15, 0.2) is 11.6 Å². The summed E-state index contributed by atoms with van der Waals surface area (Å²) in [6.45, 7) is 7.25. The fourth-order valence-electron chi connectivity index (χ4n) is 2.81. The van der Waals surface area contributed by atoms with Crippen LogP contribution in [-0.4, -0.2) is 37.1 Å². The van der Waals surface area contributed by atoms with E-state index in [1.807, 2.05) is 0 Å². The van der Waals surface area contributed by atoms with Gasteiger partial charge in [0.15, 0.2) is 0 Å². The summed E-state index contributed by atoms with van der Waals surface area (Å²) in [7, 11) is 0. The quantitative estimate of drug-likeness (QED) is 0.738. The van der Waals surface area contributed by atoms with Crippen LogP contribution in [0.25, 0.3) is 0 Å². The van der Waals surface area contributed by atoms with Gasteiger partial charge in [0.1, 0.15) is 0 Å². The van der Waals surface area contributed by atoms with E-state index in [1.54, 1.807) is 5.57 Å². The maximum atomic E-state index is 3.49. The second-order valence-electron chi connectivity index (χ2n) is 5.28. The fraction of sp³-hybridized carbons (Fsp3) is 0.857. The van der Waals surface area contributed by atoms with Crippen LogP contribution in [0.4, 0.5) is 0 Å². The largest absolute Gasteiger partial charge is 0.315 e. The van der Waals surface area contributed by atoms with Gasteiger partial charge in [-0.1, -0.05) is 11.6 Å². The van der Waals surface area contributed by atoms with Gasteiger partial charge < -0.3 is 5.32 Å². The first-order valence-corrected chi connectivity index (χ1v) is 6.99. The van der Waals surface area contributed by atoms with E-state index in [1.165, 1.54) is 64.7 Å². The van der Waals surface area contributed by atoms with Crippen LogP contribution in [0.2, 0.25) is 0 Å². The monoisotopic (exact) mass is 222 g/mol. The second kappa shape index (κ2) is 6.41. The molecule has 1 unspecified atom stereocenters. The van der Waals surface area contributed by atoms with Crippen LogP contribution >= 0.6 is 0 Å². The third kappa shape index (κ3) is 3.60. The van der Waals surface area contributed by atoms with Crippen LogP contribution in [-0.2, 0) is 0 Å². The van der Waals surface area contributed by atoms with Crippen molar-refractivity contribution in [2.75, 3.05) is 26.2 Å². The van der Waals surface area contributed by atoms with Gasteiger partial charge >= 0.3 is 0 Å². The molecular weight excluding hydrogens is 196 g/mol. The molecule has 0 bridgehead atoms. The van der Waals surface area contributed by atoms with Crippen molar-refractivity contribution in [3.8, 4) is 0 Å². The Morgan fingerprint density at radius 1 is 1.38 bits per heavy atom. The minimum Gasteiger partial charge on any atom is -0.315 e. The van der Waals surface area contributed by atoms with E-state index in [9.17, 15) is 0 Å². The standard InChI is InChI=1S/C14H26N2/c1-13-7-9-15-10-12-16(13)11-8-14-5-3-2-4-6-14/h5,13,15H,2-4,6-12H2,1H3. The molecule has 0 aromatic heterocycles. The van der Waals surface area contributed by atoms with Gasteiger partial charge in [-0.15, -0.1) is 0 Å². The molecule has 0 amide bonds. The number of hydrogen-bond acceptors (Lipinski definition) is 2. The van der Waals surface area contributed by atoms with Crippen molar-refractivity contribution in [1.82, 2.24) is 10.2 Å².